The summed E-state index contributed by atoms with van der Waals surface area (Å²) in [5.74, 6) is 0.637. The van der Waals surface area contributed by atoms with Gasteiger partial charge in [-0.15, -0.1) is 11.8 Å². The van der Waals surface area contributed by atoms with Crippen LogP contribution in [-0.2, 0) is 20.6 Å². The average Bonchev–Trinajstić information content (AvgIpc) is 2.65. The fraction of sp³-hybridized carbons (Fsp3) is 0.333. The molecule has 0 unspecified atom stereocenters. The molecule has 1 N–H and O–H groups in total. The van der Waals surface area contributed by atoms with Gasteiger partial charge in [-0.2, -0.15) is 4.31 Å². The van der Waals surface area contributed by atoms with E-state index in [4.69, 9.17) is 11.6 Å². The second-order valence-corrected chi connectivity index (χ2v) is 8.90. The first-order chi connectivity index (χ1) is 12.9. The molecule has 0 aliphatic rings. The van der Waals surface area contributed by atoms with Gasteiger partial charge in [0.05, 0.1) is 16.5 Å². The Morgan fingerprint density at radius 2 is 1.96 bits per heavy atom. The Kier molecular flexibility index (Phi) is 8.09. The third kappa shape index (κ3) is 5.93. The quantitative estimate of drug-likeness (QED) is 0.660. The summed E-state index contributed by atoms with van der Waals surface area (Å²) in [6.45, 7) is 4.21. The van der Waals surface area contributed by atoms with E-state index in [0.717, 1.165) is 5.69 Å². The second-order valence-electron chi connectivity index (χ2n) is 5.60. The summed E-state index contributed by atoms with van der Waals surface area (Å²) < 4.78 is 26.7. The standard InChI is InChI=1S/C18H22ClN3O3S2/c1-3-22(4-2)27(24,25)17-11-14(8-9-16(17)19)21-18(23)13-26-12-15-7-5-6-10-20-15/h5-11H,3-4,12-13H2,1-2H3,(H,21,23). The smallest absolute Gasteiger partial charge is 0.244 e. The number of thioether (sulfide) groups is 1. The summed E-state index contributed by atoms with van der Waals surface area (Å²) in [7, 11) is -3.71. The van der Waals surface area contributed by atoms with E-state index in [-0.39, 0.29) is 21.6 Å². The van der Waals surface area contributed by atoms with Crippen molar-refractivity contribution >= 4 is 45.0 Å². The lowest BCUT2D eigenvalue weighted by atomic mass is 10.3. The number of carbonyl (C=O) groups excluding carboxylic acids is 1. The molecule has 146 valence electrons. The number of hydrogen-bond donors (Lipinski definition) is 1. The minimum Gasteiger partial charge on any atom is -0.325 e. The Morgan fingerprint density at radius 3 is 2.59 bits per heavy atom. The molecule has 1 amide bonds. The molecule has 0 spiro atoms. The van der Waals surface area contributed by atoms with E-state index >= 15 is 0 Å². The van der Waals surface area contributed by atoms with Crippen LogP contribution in [0.4, 0.5) is 5.69 Å². The molecule has 0 atom stereocenters. The number of nitrogens with zero attached hydrogens (tertiary/aromatic N) is 2. The highest BCUT2D eigenvalue weighted by Crippen LogP contribution is 2.28. The third-order valence-corrected chi connectivity index (χ3v) is 7.25. The summed E-state index contributed by atoms with van der Waals surface area (Å²) in [4.78, 5) is 16.3. The molecule has 0 aliphatic carbocycles. The topological polar surface area (TPSA) is 79.4 Å². The summed E-state index contributed by atoms with van der Waals surface area (Å²) in [6.07, 6.45) is 1.71. The maximum atomic E-state index is 12.7. The number of halogens is 1. The molecule has 1 aromatic heterocycles. The van der Waals surface area contributed by atoms with E-state index in [0.29, 0.717) is 24.5 Å². The molecule has 0 saturated carbocycles. The number of rotatable bonds is 9. The second kappa shape index (κ2) is 10.1. The van der Waals surface area contributed by atoms with Crippen LogP contribution >= 0.6 is 23.4 Å². The molecule has 1 aromatic carbocycles. The maximum Gasteiger partial charge on any atom is 0.244 e. The number of aromatic nitrogens is 1. The normalized spacial score (nSPS) is 11.6. The van der Waals surface area contributed by atoms with E-state index in [1.54, 1.807) is 26.1 Å². The van der Waals surface area contributed by atoms with Crippen LogP contribution in [0.5, 0.6) is 0 Å². The van der Waals surface area contributed by atoms with Crippen molar-refractivity contribution in [1.29, 1.82) is 0 Å². The van der Waals surface area contributed by atoms with Crippen molar-refractivity contribution in [1.82, 2.24) is 9.29 Å². The fourth-order valence-corrected chi connectivity index (χ4v) is 5.11. The Balaban J connectivity index is 2.03. The van der Waals surface area contributed by atoms with Crippen LogP contribution in [-0.4, -0.2) is 42.5 Å². The van der Waals surface area contributed by atoms with Crippen LogP contribution in [0.2, 0.25) is 5.02 Å². The van der Waals surface area contributed by atoms with Crippen molar-refractivity contribution in [3.05, 3.63) is 53.3 Å². The molecule has 27 heavy (non-hydrogen) atoms. The molecule has 0 saturated heterocycles. The predicted molar refractivity (Wildman–Crippen MR) is 111 cm³/mol. The number of pyridine rings is 1. The Hall–Kier alpha value is -1.61. The third-order valence-electron chi connectivity index (χ3n) is 3.75. The highest BCUT2D eigenvalue weighted by Gasteiger charge is 2.24. The number of carbonyl (C=O) groups is 1. The van der Waals surface area contributed by atoms with E-state index < -0.39 is 10.0 Å². The average molecular weight is 428 g/mol. The molecule has 2 rings (SSSR count). The van der Waals surface area contributed by atoms with Gasteiger partial charge in [0.2, 0.25) is 15.9 Å². The van der Waals surface area contributed by atoms with Gasteiger partial charge in [0.25, 0.3) is 0 Å². The summed E-state index contributed by atoms with van der Waals surface area (Å²) in [5.41, 5.74) is 1.29. The first kappa shape index (κ1) is 21.7. The van der Waals surface area contributed by atoms with Crippen LogP contribution in [0.25, 0.3) is 0 Å². The highest BCUT2D eigenvalue weighted by molar-refractivity contribution is 7.99. The first-order valence-electron chi connectivity index (χ1n) is 8.45. The maximum absolute atomic E-state index is 12.7. The highest BCUT2D eigenvalue weighted by atomic mass is 35.5. The van der Waals surface area contributed by atoms with Crippen LogP contribution < -0.4 is 5.32 Å². The van der Waals surface area contributed by atoms with Crippen molar-refractivity contribution in [2.24, 2.45) is 0 Å². The lowest BCUT2D eigenvalue weighted by Gasteiger charge is -2.19. The number of hydrogen-bond acceptors (Lipinski definition) is 5. The van der Waals surface area contributed by atoms with Crippen molar-refractivity contribution in [2.75, 3.05) is 24.2 Å². The van der Waals surface area contributed by atoms with Gasteiger partial charge in [-0.1, -0.05) is 31.5 Å². The van der Waals surface area contributed by atoms with E-state index in [1.807, 2.05) is 18.2 Å². The van der Waals surface area contributed by atoms with Crippen LogP contribution in [0.15, 0.2) is 47.5 Å². The number of anilines is 1. The number of nitrogens with one attached hydrogen (secondary N) is 1. The Bertz CT molecular complexity index is 873. The molecule has 2 aromatic rings. The van der Waals surface area contributed by atoms with Crippen molar-refractivity contribution < 1.29 is 13.2 Å². The summed E-state index contributed by atoms with van der Waals surface area (Å²) in [5, 5.41) is 2.85. The zero-order chi connectivity index (χ0) is 19.9. The van der Waals surface area contributed by atoms with Crippen molar-refractivity contribution in [3.63, 3.8) is 0 Å². The van der Waals surface area contributed by atoms with E-state index in [2.05, 4.69) is 10.3 Å². The van der Waals surface area contributed by atoms with E-state index in [1.165, 1.54) is 28.2 Å². The fourth-order valence-electron chi connectivity index (χ4n) is 2.41. The monoisotopic (exact) mass is 427 g/mol. The van der Waals surface area contributed by atoms with Gasteiger partial charge in [-0.05, 0) is 30.3 Å². The molecular formula is C18H22ClN3O3S2. The largest absolute Gasteiger partial charge is 0.325 e. The number of benzene rings is 1. The van der Waals surface area contributed by atoms with Crippen LogP contribution in [0.3, 0.4) is 0 Å². The van der Waals surface area contributed by atoms with Crippen LogP contribution in [0, 0.1) is 0 Å². The lowest BCUT2D eigenvalue weighted by Crippen LogP contribution is -2.31. The van der Waals surface area contributed by atoms with Gasteiger partial charge >= 0.3 is 0 Å². The minimum atomic E-state index is -3.71. The minimum absolute atomic E-state index is 0.00759. The zero-order valence-electron chi connectivity index (χ0n) is 15.2. The molecule has 0 bridgehead atoms. The van der Waals surface area contributed by atoms with Gasteiger partial charge in [-0.25, -0.2) is 8.42 Å². The Labute approximate surface area is 169 Å². The molecular weight excluding hydrogens is 406 g/mol. The number of amides is 1. The first-order valence-corrected chi connectivity index (χ1v) is 11.4. The molecule has 1 heterocycles. The van der Waals surface area contributed by atoms with Gasteiger partial charge < -0.3 is 5.32 Å². The van der Waals surface area contributed by atoms with Gasteiger partial charge in [0.15, 0.2) is 0 Å². The van der Waals surface area contributed by atoms with Gasteiger partial charge in [0, 0.05) is 30.7 Å². The zero-order valence-corrected chi connectivity index (χ0v) is 17.6. The molecule has 0 fully saturated rings. The van der Waals surface area contributed by atoms with Crippen LogP contribution in [0.1, 0.15) is 19.5 Å². The van der Waals surface area contributed by atoms with Crippen molar-refractivity contribution in [2.45, 2.75) is 24.5 Å². The number of sulfonamides is 1. The Morgan fingerprint density at radius 1 is 1.22 bits per heavy atom. The molecule has 0 radical (unpaired) electrons. The molecule has 9 heteroatoms. The molecule has 0 aliphatic heterocycles. The molecule has 6 nitrogen and oxygen atoms in total. The lowest BCUT2D eigenvalue weighted by molar-refractivity contribution is -0.113. The van der Waals surface area contributed by atoms with Crippen molar-refractivity contribution in [3.8, 4) is 0 Å². The van der Waals surface area contributed by atoms with E-state index in [9.17, 15) is 13.2 Å². The summed E-state index contributed by atoms with van der Waals surface area (Å²) >= 11 is 7.53. The summed E-state index contributed by atoms with van der Waals surface area (Å²) in [6, 6.07) is 10.1. The van der Waals surface area contributed by atoms with Gasteiger partial charge in [0.1, 0.15) is 4.90 Å². The predicted octanol–water partition coefficient (Wildman–Crippen LogP) is 3.64. The van der Waals surface area contributed by atoms with Gasteiger partial charge in [-0.3, -0.25) is 9.78 Å². The SMILES string of the molecule is CCN(CC)S(=O)(=O)c1cc(NC(=O)CSCc2ccccn2)ccc1Cl.